The molecule has 0 spiro atoms. The smallest absolute Gasteiger partial charge is 0.286 e. The topological polar surface area (TPSA) is 64.6 Å². The molecular formula is C17H21NO4S. The van der Waals surface area contributed by atoms with Crippen LogP contribution in [0, 0.1) is 0 Å². The fourth-order valence-corrected chi connectivity index (χ4v) is 3.75. The fraction of sp³-hybridized carbons (Fsp3) is 0.529. The van der Waals surface area contributed by atoms with Crippen molar-refractivity contribution < 1.29 is 19.1 Å². The molecule has 5 nitrogen and oxygen atoms in total. The van der Waals surface area contributed by atoms with Gasteiger partial charge in [0.2, 0.25) is 5.91 Å². The molecular weight excluding hydrogens is 314 g/mol. The van der Waals surface area contributed by atoms with Crippen LogP contribution >= 0.6 is 11.8 Å². The minimum Gasteiger partial charge on any atom is -0.491 e. The zero-order valence-corrected chi connectivity index (χ0v) is 13.8. The number of hydrogen-bond acceptors (Lipinski definition) is 5. The standard InChI is InChI=1S/C17H21NO4S/c19-16-15(23-17(20)18-16)11-12-5-7-14(8-6-12)22-10-9-21-13-3-1-2-4-13/h5-8,13,15H,1-4,9-11H2,(H,18,19,20). The van der Waals surface area contributed by atoms with E-state index in [1.165, 1.54) is 25.7 Å². The maximum Gasteiger partial charge on any atom is 0.286 e. The lowest BCUT2D eigenvalue weighted by Gasteiger charge is -2.12. The van der Waals surface area contributed by atoms with Crippen molar-refractivity contribution in [1.29, 1.82) is 0 Å². The Morgan fingerprint density at radius 2 is 1.83 bits per heavy atom. The van der Waals surface area contributed by atoms with E-state index in [0.717, 1.165) is 23.1 Å². The number of carbonyl (C=O) groups excluding carboxylic acids is 2. The first kappa shape index (κ1) is 16.3. The molecule has 2 amide bonds. The maximum absolute atomic E-state index is 11.5. The summed E-state index contributed by atoms with van der Waals surface area (Å²) in [6.45, 7) is 1.17. The molecule has 1 aromatic rings. The molecule has 2 aliphatic rings. The molecule has 1 saturated carbocycles. The molecule has 1 aliphatic carbocycles. The highest BCUT2D eigenvalue weighted by atomic mass is 32.2. The molecule has 1 saturated heterocycles. The molecule has 1 unspecified atom stereocenters. The quantitative estimate of drug-likeness (QED) is 0.776. The van der Waals surface area contributed by atoms with Crippen molar-refractivity contribution in [3.05, 3.63) is 29.8 Å². The predicted octanol–water partition coefficient (Wildman–Crippen LogP) is 2.92. The third-order valence-electron chi connectivity index (χ3n) is 4.12. The molecule has 1 aliphatic heterocycles. The second kappa shape index (κ2) is 7.84. The number of carbonyl (C=O) groups is 2. The van der Waals surface area contributed by atoms with Gasteiger partial charge in [0.15, 0.2) is 0 Å². The Bertz CT molecular complexity index is 554. The van der Waals surface area contributed by atoms with Gasteiger partial charge in [-0.15, -0.1) is 0 Å². The van der Waals surface area contributed by atoms with Gasteiger partial charge in [0, 0.05) is 0 Å². The Morgan fingerprint density at radius 3 is 2.48 bits per heavy atom. The van der Waals surface area contributed by atoms with Crippen molar-refractivity contribution in [3.63, 3.8) is 0 Å². The monoisotopic (exact) mass is 335 g/mol. The van der Waals surface area contributed by atoms with E-state index in [2.05, 4.69) is 5.32 Å². The number of nitrogens with one attached hydrogen (secondary N) is 1. The van der Waals surface area contributed by atoms with Gasteiger partial charge in [-0.1, -0.05) is 36.7 Å². The van der Waals surface area contributed by atoms with E-state index in [4.69, 9.17) is 9.47 Å². The predicted molar refractivity (Wildman–Crippen MR) is 88.8 cm³/mol. The second-order valence-corrected chi connectivity index (χ2v) is 7.03. The van der Waals surface area contributed by atoms with Gasteiger partial charge >= 0.3 is 0 Å². The molecule has 23 heavy (non-hydrogen) atoms. The molecule has 3 rings (SSSR count). The Labute approximate surface area is 140 Å². The van der Waals surface area contributed by atoms with Gasteiger partial charge in [0.1, 0.15) is 12.4 Å². The molecule has 6 heteroatoms. The van der Waals surface area contributed by atoms with Crippen LogP contribution in [0.2, 0.25) is 0 Å². The van der Waals surface area contributed by atoms with E-state index >= 15 is 0 Å². The summed E-state index contributed by atoms with van der Waals surface area (Å²) in [5, 5.41) is 1.72. The number of benzene rings is 1. The molecule has 124 valence electrons. The van der Waals surface area contributed by atoms with E-state index in [1.54, 1.807) is 0 Å². The fourth-order valence-electron chi connectivity index (χ4n) is 2.89. The zero-order chi connectivity index (χ0) is 16.1. The van der Waals surface area contributed by atoms with Gasteiger partial charge in [0.05, 0.1) is 18.0 Å². The van der Waals surface area contributed by atoms with Gasteiger partial charge in [-0.05, 0) is 37.0 Å². The van der Waals surface area contributed by atoms with Gasteiger partial charge < -0.3 is 9.47 Å². The molecule has 2 fully saturated rings. The average Bonchev–Trinajstić information content (AvgIpc) is 3.15. The third-order valence-corrected chi connectivity index (χ3v) is 5.10. The van der Waals surface area contributed by atoms with E-state index in [0.29, 0.717) is 25.7 Å². The van der Waals surface area contributed by atoms with Crippen LogP contribution in [-0.4, -0.2) is 35.7 Å². The second-order valence-electron chi connectivity index (χ2n) is 5.86. The van der Waals surface area contributed by atoms with E-state index < -0.39 is 0 Å². The van der Waals surface area contributed by atoms with E-state index in [-0.39, 0.29) is 16.4 Å². The average molecular weight is 335 g/mol. The highest BCUT2D eigenvalue weighted by Gasteiger charge is 2.31. The van der Waals surface area contributed by atoms with Gasteiger partial charge in [-0.3, -0.25) is 14.9 Å². The minimum atomic E-state index is -0.325. The molecule has 1 atom stereocenters. The van der Waals surface area contributed by atoms with Crippen molar-refractivity contribution >= 4 is 22.9 Å². The summed E-state index contributed by atoms with van der Waals surface area (Å²) in [6, 6.07) is 7.65. The number of rotatable bonds is 7. The molecule has 0 aromatic heterocycles. The van der Waals surface area contributed by atoms with Crippen LogP contribution in [0.25, 0.3) is 0 Å². The van der Waals surface area contributed by atoms with Crippen LogP contribution in [0.3, 0.4) is 0 Å². The summed E-state index contributed by atoms with van der Waals surface area (Å²) >= 11 is 1.05. The molecule has 1 N–H and O–H groups in total. The van der Waals surface area contributed by atoms with Crippen LogP contribution in [0.1, 0.15) is 31.2 Å². The van der Waals surface area contributed by atoms with Crippen molar-refractivity contribution in [2.24, 2.45) is 0 Å². The van der Waals surface area contributed by atoms with Crippen molar-refractivity contribution in [2.45, 2.75) is 43.5 Å². The van der Waals surface area contributed by atoms with Crippen molar-refractivity contribution in [1.82, 2.24) is 5.32 Å². The summed E-state index contributed by atoms with van der Waals surface area (Å²) in [5.74, 6) is 0.591. The summed E-state index contributed by atoms with van der Waals surface area (Å²) in [5.41, 5.74) is 1.02. The first-order valence-corrected chi connectivity index (χ1v) is 8.93. The summed E-state index contributed by atoms with van der Waals surface area (Å²) in [4.78, 5) is 22.7. The maximum atomic E-state index is 11.5. The molecule has 1 aromatic carbocycles. The SMILES string of the molecule is O=C1NC(=O)C(Cc2ccc(OCCOC3CCCC3)cc2)S1. The first-order chi connectivity index (χ1) is 11.2. The third kappa shape index (κ3) is 4.72. The van der Waals surface area contributed by atoms with Crippen molar-refractivity contribution in [2.75, 3.05) is 13.2 Å². The lowest BCUT2D eigenvalue weighted by atomic mass is 10.1. The molecule has 1 heterocycles. The van der Waals surface area contributed by atoms with Crippen LogP contribution in [0.15, 0.2) is 24.3 Å². The first-order valence-electron chi connectivity index (χ1n) is 8.05. The van der Waals surface area contributed by atoms with E-state index in [9.17, 15) is 9.59 Å². The normalized spacial score (nSPS) is 21.7. The van der Waals surface area contributed by atoms with Crippen molar-refractivity contribution in [3.8, 4) is 5.75 Å². The number of imide groups is 1. The Hall–Kier alpha value is -1.53. The van der Waals surface area contributed by atoms with Crippen LogP contribution in [-0.2, 0) is 16.0 Å². The number of thioether (sulfide) groups is 1. The molecule has 0 radical (unpaired) electrons. The van der Waals surface area contributed by atoms with Crippen LogP contribution < -0.4 is 10.1 Å². The Morgan fingerprint density at radius 1 is 1.09 bits per heavy atom. The van der Waals surface area contributed by atoms with E-state index in [1.807, 2.05) is 24.3 Å². The lowest BCUT2D eigenvalue weighted by Crippen LogP contribution is -2.25. The number of amides is 2. The van der Waals surface area contributed by atoms with Gasteiger partial charge in [-0.25, -0.2) is 0 Å². The highest BCUT2D eigenvalue weighted by Crippen LogP contribution is 2.24. The van der Waals surface area contributed by atoms with Gasteiger partial charge in [-0.2, -0.15) is 0 Å². The number of hydrogen-bond donors (Lipinski definition) is 1. The summed E-state index contributed by atoms with van der Waals surface area (Å²) in [7, 11) is 0. The highest BCUT2D eigenvalue weighted by molar-refractivity contribution is 8.15. The largest absolute Gasteiger partial charge is 0.491 e. The zero-order valence-electron chi connectivity index (χ0n) is 13.0. The van der Waals surface area contributed by atoms with Crippen LogP contribution in [0.4, 0.5) is 4.79 Å². The molecule has 0 bridgehead atoms. The van der Waals surface area contributed by atoms with Gasteiger partial charge in [0.25, 0.3) is 5.24 Å². The number of ether oxygens (including phenoxy) is 2. The summed E-state index contributed by atoms with van der Waals surface area (Å²) < 4.78 is 11.4. The Balaban J connectivity index is 1.40. The van der Waals surface area contributed by atoms with Crippen LogP contribution in [0.5, 0.6) is 5.75 Å². The minimum absolute atomic E-state index is 0.204. The lowest BCUT2D eigenvalue weighted by molar-refractivity contribution is -0.118. The Kier molecular flexibility index (Phi) is 5.56. The summed E-state index contributed by atoms with van der Waals surface area (Å²) in [6.07, 6.45) is 5.85.